The number of carbonyl (C=O) groups is 2. The normalized spacial score (nSPS) is 10.7. The van der Waals surface area contributed by atoms with Gasteiger partial charge in [-0.15, -0.1) is 0 Å². The number of carbonyl (C=O) groups excluding carboxylic acids is 2. The van der Waals surface area contributed by atoms with Crippen molar-refractivity contribution >= 4 is 58.5 Å². The van der Waals surface area contributed by atoms with Gasteiger partial charge in [-0.25, -0.2) is 5.43 Å². The van der Waals surface area contributed by atoms with Crippen LogP contribution in [0.25, 0.3) is 0 Å². The minimum absolute atomic E-state index is 0.375. The van der Waals surface area contributed by atoms with Gasteiger partial charge in [0.05, 0.1) is 11.2 Å². The molecule has 0 fully saturated rings. The second-order valence-corrected chi connectivity index (χ2v) is 5.98. The molecule has 0 heterocycles. The van der Waals surface area contributed by atoms with E-state index in [9.17, 15) is 9.59 Å². The Bertz CT molecular complexity index is 822. The van der Waals surface area contributed by atoms with Gasteiger partial charge in [0, 0.05) is 21.3 Å². The van der Waals surface area contributed by atoms with E-state index >= 15 is 0 Å². The van der Waals surface area contributed by atoms with Crippen LogP contribution in [-0.2, 0) is 9.59 Å². The molecule has 0 atom stereocenters. The zero-order valence-corrected chi connectivity index (χ0v) is 14.7. The van der Waals surface area contributed by atoms with E-state index in [1.54, 1.807) is 43.3 Å². The lowest BCUT2D eigenvalue weighted by molar-refractivity contribution is -0.136. The van der Waals surface area contributed by atoms with Gasteiger partial charge < -0.3 is 5.32 Å². The molecular weight excluding hydrogens is 373 g/mol. The summed E-state index contributed by atoms with van der Waals surface area (Å²) in [4.78, 5) is 23.6. The molecule has 0 bridgehead atoms. The van der Waals surface area contributed by atoms with Gasteiger partial charge in [0.15, 0.2) is 0 Å². The third-order valence-corrected chi connectivity index (χ3v) is 4.03. The highest BCUT2D eigenvalue weighted by atomic mass is 35.5. The maximum Gasteiger partial charge on any atom is 0.329 e. The van der Waals surface area contributed by atoms with Crippen molar-refractivity contribution in [2.24, 2.45) is 5.10 Å². The highest BCUT2D eigenvalue weighted by molar-refractivity contribution is 6.40. The van der Waals surface area contributed by atoms with Gasteiger partial charge in [0.2, 0.25) is 0 Å². The molecule has 2 N–H and O–H groups in total. The third-order valence-electron chi connectivity index (χ3n) is 3.05. The number of hydrazone groups is 1. The second kappa shape index (κ2) is 8.15. The molecule has 0 aliphatic heterocycles. The first-order valence-corrected chi connectivity index (χ1v) is 7.86. The van der Waals surface area contributed by atoms with Crippen LogP contribution in [0.1, 0.15) is 11.1 Å². The van der Waals surface area contributed by atoms with Crippen molar-refractivity contribution in [3.05, 3.63) is 62.6 Å². The molecule has 0 aliphatic rings. The minimum atomic E-state index is -0.921. The van der Waals surface area contributed by atoms with E-state index in [4.69, 9.17) is 34.8 Å². The van der Waals surface area contributed by atoms with E-state index in [1.165, 1.54) is 6.21 Å². The van der Waals surface area contributed by atoms with Crippen molar-refractivity contribution in [1.29, 1.82) is 0 Å². The SMILES string of the molecule is Cc1c(Cl)cccc1NC(=O)C(=O)NN=Cc1ccc(Cl)cc1Cl. The lowest BCUT2D eigenvalue weighted by atomic mass is 10.2. The first-order valence-electron chi connectivity index (χ1n) is 6.73. The molecular formula is C16H12Cl3N3O2. The summed E-state index contributed by atoms with van der Waals surface area (Å²) in [5.41, 5.74) is 3.78. The van der Waals surface area contributed by atoms with Crippen molar-refractivity contribution in [3.8, 4) is 0 Å². The van der Waals surface area contributed by atoms with Crippen LogP contribution in [0.15, 0.2) is 41.5 Å². The molecule has 2 rings (SSSR count). The van der Waals surface area contributed by atoms with Crippen LogP contribution in [0.3, 0.4) is 0 Å². The summed E-state index contributed by atoms with van der Waals surface area (Å²) in [5.74, 6) is -1.78. The molecule has 2 aromatic rings. The topological polar surface area (TPSA) is 70.6 Å². The molecule has 0 aromatic heterocycles. The Morgan fingerprint density at radius 1 is 1.04 bits per heavy atom. The summed E-state index contributed by atoms with van der Waals surface area (Å²) in [5, 5.41) is 7.51. The number of benzene rings is 2. The first kappa shape index (κ1) is 18.3. The molecule has 0 unspecified atom stereocenters. The number of halogens is 3. The summed E-state index contributed by atoms with van der Waals surface area (Å²) in [7, 11) is 0. The standard InChI is InChI=1S/C16H12Cl3N3O2/c1-9-12(18)3-2-4-14(9)21-15(23)16(24)22-20-8-10-5-6-11(17)7-13(10)19/h2-8H,1H3,(H,21,23)(H,22,24). The van der Waals surface area contributed by atoms with E-state index in [0.29, 0.717) is 31.9 Å². The molecule has 2 aromatic carbocycles. The van der Waals surface area contributed by atoms with Gasteiger partial charge in [-0.3, -0.25) is 9.59 Å². The van der Waals surface area contributed by atoms with Gasteiger partial charge in [-0.05, 0) is 36.8 Å². The van der Waals surface area contributed by atoms with E-state index in [0.717, 1.165) is 0 Å². The number of hydrogen-bond donors (Lipinski definition) is 2. The fourth-order valence-corrected chi connectivity index (χ4v) is 2.37. The molecule has 124 valence electrons. The van der Waals surface area contributed by atoms with E-state index < -0.39 is 11.8 Å². The lowest BCUT2D eigenvalue weighted by Crippen LogP contribution is -2.32. The summed E-state index contributed by atoms with van der Waals surface area (Å²) in [6, 6.07) is 9.81. The first-order chi connectivity index (χ1) is 11.4. The summed E-state index contributed by atoms with van der Waals surface area (Å²) in [6.45, 7) is 1.73. The monoisotopic (exact) mass is 383 g/mol. The van der Waals surface area contributed by atoms with Crippen molar-refractivity contribution in [2.45, 2.75) is 6.92 Å². The Balaban J connectivity index is 1.98. The Morgan fingerprint density at radius 3 is 2.50 bits per heavy atom. The van der Waals surface area contributed by atoms with Gasteiger partial charge in [-0.1, -0.05) is 46.9 Å². The quantitative estimate of drug-likeness (QED) is 0.476. The highest BCUT2D eigenvalue weighted by Gasteiger charge is 2.14. The molecule has 0 saturated heterocycles. The number of nitrogens with zero attached hydrogens (tertiary/aromatic N) is 1. The van der Waals surface area contributed by atoms with E-state index in [-0.39, 0.29) is 0 Å². The zero-order chi connectivity index (χ0) is 17.7. The lowest BCUT2D eigenvalue weighted by Gasteiger charge is -2.08. The number of amides is 2. The predicted octanol–water partition coefficient (Wildman–Crippen LogP) is 4.04. The van der Waals surface area contributed by atoms with Gasteiger partial charge in [0.1, 0.15) is 0 Å². The fourth-order valence-electron chi connectivity index (χ4n) is 1.74. The average molecular weight is 385 g/mol. The highest BCUT2D eigenvalue weighted by Crippen LogP contribution is 2.22. The maximum absolute atomic E-state index is 11.8. The molecule has 24 heavy (non-hydrogen) atoms. The summed E-state index contributed by atoms with van der Waals surface area (Å²) >= 11 is 17.7. The molecule has 5 nitrogen and oxygen atoms in total. The largest absolute Gasteiger partial charge is 0.329 e. The van der Waals surface area contributed by atoms with Crippen LogP contribution >= 0.6 is 34.8 Å². The smallest absolute Gasteiger partial charge is 0.317 e. The molecule has 8 heteroatoms. The van der Waals surface area contributed by atoms with E-state index in [2.05, 4.69) is 15.8 Å². The minimum Gasteiger partial charge on any atom is -0.317 e. The number of nitrogens with one attached hydrogen (secondary N) is 2. The van der Waals surface area contributed by atoms with Crippen LogP contribution < -0.4 is 10.7 Å². The van der Waals surface area contributed by atoms with Crippen molar-refractivity contribution in [2.75, 3.05) is 5.32 Å². The van der Waals surface area contributed by atoms with Crippen molar-refractivity contribution in [3.63, 3.8) is 0 Å². The fraction of sp³-hybridized carbons (Fsp3) is 0.0625. The van der Waals surface area contributed by atoms with E-state index in [1.807, 2.05) is 0 Å². The Hall–Kier alpha value is -2.08. The Kier molecular flexibility index (Phi) is 6.20. The van der Waals surface area contributed by atoms with Gasteiger partial charge in [-0.2, -0.15) is 5.10 Å². The molecule has 0 spiro atoms. The van der Waals surface area contributed by atoms with Crippen LogP contribution in [0.5, 0.6) is 0 Å². The molecule has 2 amide bonds. The van der Waals surface area contributed by atoms with Crippen LogP contribution in [0.2, 0.25) is 15.1 Å². The van der Waals surface area contributed by atoms with Crippen LogP contribution in [-0.4, -0.2) is 18.0 Å². The van der Waals surface area contributed by atoms with Gasteiger partial charge >= 0.3 is 11.8 Å². The molecule has 0 radical (unpaired) electrons. The summed E-state index contributed by atoms with van der Waals surface area (Å²) < 4.78 is 0. The Morgan fingerprint density at radius 2 is 1.79 bits per heavy atom. The average Bonchev–Trinajstić information content (AvgIpc) is 2.53. The number of anilines is 1. The Labute approximate surface area is 153 Å². The zero-order valence-electron chi connectivity index (χ0n) is 12.4. The van der Waals surface area contributed by atoms with Crippen molar-refractivity contribution in [1.82, 2.24) is 5.43 Å². The summed E-state index contributed by atoms with van der Waals surface area (Å²) in [6.07, 6.45) is 1.31. The van der Waals surface area contributed by atoms with Crippen molar-refractivity contribution < 1.29 is 9.59 Å². The van der Waals surface area contributed by atoms with Gasteiger partial charge in [0.25, 0.3) is 0 Å². The second-order valence-electron chi connectivity index (χ2n) is 4.73. The van der Waals surface area contributed by atoms with Crippen LogP contribution in [0, 0.1) is 6.92 Å². The molecule has 0 aliphatic carbocycles. The third kappa shape index (κ3) is 4.71. The molecule has 0 saturated carbocycles. The number of hydrogen-bond acceptors (Lipinski definition) is 3. The van der Waals surface area contributed by atoms with Crippen LogP contribution in [0.4, 0.5) is 5.69 Å². The maximum atomic E-state index is 11.8. The predicted molar refractivity (Wildman–Crippen MR) is 97.0 cm³/mol. The number of rotatable bonds is 3.